The molecule has 0 amide bonds. The summed E-state index contributed by atoms with van der Waals surface area (Å²) in [4.78, 5) is 2.45. The molecule has 1 aromatic rings. The predicted molar refractivity (Wildman–Crippen MR) is 80.4 cm³/mol. The van der Waals surface area contributed by atoms with Crippen molar-refractivity contribution in [3.63, 3.8) is 0 Å². The van der Waals surface area contributed by atoms with Crippen LogP contribution in [0.1, 0.15) is 24.5 Å². The number of benzene rings is 1. The van der Waals surface area contributed by atoms with Gasteiger partial charge in [-0.3, -0.25) is 4.90 Å². The molecule has 2 aliphatic heterocycles. The van der Waals surface area contributed by atoms with Gasteiger partial charge in [-0.25, -0.2) is 0 Å². The van der Waals surface area contributed by atoms with Gasteiger partial charge in [-0.2, -0.15) is 0 Å². The molecule has 2 N–H and O–H groups in total. The van der Waals surface area contributed by atoms with Crippen LogP contribution in [-0.4, -0.2) is 30.6 Å². The predicted octanol–water partition coefficient (Wildman–Crippen LogP) is 2.55. The fraction of sp³-hybridized carbons (Fsp3) is 0.600. The molecule has 2 aliphatic rings. The van der Waals surface area contributed by atoms with Crippen LogP contribution in [0.15, 0.2) is 16.6 Å². The van der Waals surface area contributed by atoms with E-state index in [1.807, 2.05) is 0 Å². The van der Waals surface area contributed by atoms with Gasteiger partial charge in [0, 0.05) is 35.6 Å². The number of nitrogens with two attached hydrogens (primary N) is 1. The number of nitrogens with zero attached hydrogens (tertiary/aromatic N) is 1. The van der Waals surface area contributed by atoms with Crippen molar-refractivity contribution in [3.05, 3.63) is 27.7 Å². The lowest BCUT2D eigenvalue weighted by atomic mass is 9.94. The van der Waals surface area contributed by atoms with Gasteiger partial charge in [-0.1, -0.05) is 22.9 Å². The van der Waals surface area contributed by atoms with E-state index >= 15 is 0 Å². The van der Waals surface area contributed by atoms with Crippen LogP contribution in [0.5, 0.6) is 5.75 Å². The highest BCUT2D eigenvalue weighted by Gasteiger charge is 2.25. The minimum Gasteiger partial charge on any atom is -0.493 e. The van der Waals surface area contributed by atoms with E-state index < -0.39 is 0 Å². The van der Waals surface area contributed by atoms with E-state index in [2.05, 4.69) is 39.9 Å². The zero-order valence-electron chi connectivity index (χ0n) is 11.4. The number of halogens is 1. The molecule has 1 saturated heterocycles. The summed E-state index contributed by atoms with van der Waals surface area (Å²) in [7, 11) is 0. The molecule has 3 rings (SSSR count). The van der Waals surface area contributed by atoms with Crippen LogP contribution in [-0.2, 0) is 13.0 Å². The third-order valence-corrected chi connectivity index (χ3v) is 4.78. The Labute approximate surface area is 123 Å². The first-order valence-electron chi connectivity index (χ1n) is 7.05. The molecule has 0 spiro atoms. The highest BCUT2D eigenvalue weighted by atomic mass is 79.9. The zero-order chi connectivity index (χ0) is 13.4. The van der Waals surface area contributed by atoms with E-state index in [9.17, 15) is 0 Å². The Morgan fingerprint density at radius 3 is 3.11 bits per heavy atom. The zero-order valence-corrected chi connectivity index (χ0v) is 12.9. The highest BCUT2D eigenvalue weighted by Crippen LogP contribution is 2.34. The van der Waals surface area contributed by atoms with Gasteiger partial charge in [0.25, 0.3) is 0 Å². The molecule has 0 aliphatic carbocycles. The van der Waals surface area contributed by atoms with Crippen LogP contribution in [0.3, 0.4) is 0 Å². The molecule has 0 saturated carbocycles. The van der Waals surface area contributed by atoms with Gasteiger partial charge in [0.1, 0.15) is 5.75 Å². The van der Waals surface area contributed by atoms with Crippen LogP contribution in [0, 0.1) is 5.92 Å². The van der Waals surface area contributed by atoms with Gasteiger partial charge in [0.2, 0.25) is 0 Å². The molecule has 2 heterocycles. The quantitative estimate of drug-likeness (QED) is 0.908. The maximum Gasteiger partial charge on any atom is 0.127 e. The Kier molecular flexibility index (Phi) is 3.83. The molecule has 2 atom stereocenters. The van der Waals surface area contributed by atoms with Crippen molar-refractivity contribution in [2.75, 3.05) is 19.7 Å². The lowest BCUT2D eigenvalue weighted by Gasteiger charge is -2.35. The third kappa shape index (κ3) is 2.81. The Morgan fingerprint density at radius 1 is 1.47 bits per heavy atom. The molecule has 19 heavy (non-hydrogen) atoms. The summed E-state index contributed by atoms with van der Waals surface area (Å²) in [5, 5.41) is 0. The first-order valence-corrected chi connectivity index (χ1v) is 7.85. The molecule has 0 radical (unpaired) electrons. The Morgan fingerprint density at radius 2 is 2.32 bits per heavy atom. The monoisotopic (exact) mass is 324 g/mol. The summed E-state index contributed by atoms with van der Waals surface area (Å²) in [6.07, 6.45) is 2.22. The lowest BCUT2D eigenvalue weighted by molar-refractivity contribution is 0.160. The molecule has 1 fully saturated rings. The maximum atomic E-state index is 6.18. The van der Waals surface area contributed by atoms with Crippen molar-refractivity contribution < 1.29 is 4.74 Å². The number of ether oxygens (including phenoxy) is 1. The van der Waals surface area contributed by atoms with Crippen LogP contribution in [0.4, 0.5) is 0 Å². The van der Waals surface area contributed by atoms with Gasteiger partial charge in [-0.15, -0.1) is 0 Å². The maximum absolute atomic E-state index is 6.18. The number of piperidine rings is 1. The molecule has 104 valence electrons. The Balaban J connectivity index is 1.77. The van der Waals surface area contributed by atoms with Crippen molar-refractivity contribution in [3.8, 4) is 5.75 Å². The van der Waals surface area contributed by atoms with E-state index in [4.69, 9.17) is 10.5 Å². The second-order valence-corrected chi connectivity index (χ2v) is 6.73. The van der Waals surface area contributed by atoms with Gasteiger partial charge in [-0.05, 0) is 36.6 Å². The second kappa shape index (κ2) is 5.43. The fourth-order valence-corrected chi connectivity index (χ4v) is 3.57. The average molecular weight is 325 g/mol. The SMILES string of the molecule is CC1CCN(Cc2cc(Br)cc3c2OCC3)CC1N. The smallest absolute Gasteiger partial charge is 0.127 e. The van der Waals surface area contributed by atoms with Crippen molar-refractivity contribution in [2.45, 2.75) is 32.4 Å². The van der Waals surface area contributed by atoms with E-state index in [0.717, 1.165) is 42.9 Å². The van der Waals surface area contributed by atoms with E-state index in [-0.39, 0.29) is 0 Å². The molecule has 3 nitrogen and oxygen atoms in total. The Hall–Kier alpha value is -0.580. The number of hydrogen-bond donors (Lipinski definition) is 1. The van der Waals surface area contributed by atoms with Gasteiger partial charge >= 0.3 is 0 Å². The van der Waals surface area contributed by atoms with E-state index in [1.54, 1.807) is 0 Å². The highest BCUT2D eigenvalue weighted by molar-refractivity contribution is 9.10. The van der Waals surface area contributed by atoms with Crippen LogP contribution in [0.25, 0.3) is 0 Å². The van der Waals surface area contributed by atoms with E-state index in [0.29, 0.717) is 12.0 Å². The number of likely N-dealkylation sites (tertiary alicyclic amines) is 1. The molecule has 1 aromatic carbocycles. The molecular weight excluding hydrogens is 304 g/mol. The van der Waals surface area contributed by atoms with E-state index in [1.165, 1.54) is 17.5 Å². The molecule has 0 aromatic heterocycles. The summed E-state index contributed by atoms with van der Waals surface area (Å²) in [5.41, 5.74) is 8.81. The van der Waals surface area contributed by atoms with Crippen LogP contribution < -0.4 is 10.5 Å². The van der Waals surface area contributed by atoms with Crippen LogP contribution in [0.2, 0.25) is 0 Å². The first-order chi connectivity index (χ1) is 9.13. The van der Waals surface area contributed by atoms with Crippen LogP contribution >= 0.6 is 15.9 Å². The van der Waals surface area contributed by atoms with Crippen molar-refractivity contribution >= 4 is 15.9 Å². The summed E-state index contributed by atoms with van der Waals surface area (Å²) >= 11 is 3.60. The van der Waals surface area contributed by atoms with Crippen molar-refractivity contribution in [1.29, 1.82) is 0 Å². The normalized spacial score (nSPS) is 27.1. The minimum atomic E-state index is 0.301. The molecule has 4 heteroatoms. The molecule has 0 bridgehead atoms. The average Bonchev–Trinajstić information content (AvgIpc) is 2.82. The van der Waals surface area contributed by atoms with Gasteiger partial charge in [0.05, 0.1) is 6.61 Å². The number of fused-ring (bicyclic) bond motifs is 1. The summed E-state index contributed by atoms with van der Waals surface area (Å²) in [6.45, 7) is 6.14. The third-order valence-electron chi connectivity index (χ3n) is 4.32. The topological polar surface area (TPSA) is 38.5 Å². The first kappa shape index (κ1) is 13.4. The largest absolute Gasteiger partial charge is 0.493 e. The minimum absolute atomic E-state index is 0.301. The Bertz CT molecular complexity index is 477. The van der Waals surface area contributed by atoms with Gasteiger partial charge < -0.3 is 10.5 Å². The fourth-order valence-electron chi connectivity index (χ4n) is 3.02. The van der Waals surface area contributed by atoms with Gasteiger partial charge in [0.15, 0.2) is 0 Å². The lowest BCUT2D eigenvalue weighted by Crippen LogP contribution is -2.47. The number of hydrogen-bond acceptors (Lipinski definition) is 3. The standard InChI is InChI=1S/C15H21BrN2O/c1-10-2-4-18(9-14(10)17)8-12-7-13(16)6-11-3-5-19-15(11)12/h6-7,10,14H,2-5,8-9,17H2,1H3. The molecule has 2 unspecified atom stereocenters. The summed E-state index contributed by atoms with van der Waals surface area (Å²) in [6, 6.07) is 4.67. The number of rotatable bonds is 2. The summed E-state index contributed by atoms with van der Waals surface area (Å²) < 4.78 is 6.95. The molecular formula is C15H21BrN2O. The second-order valence-electron chi connectivity index (χ2n) is 5.82. The van der Waals surface area contributed by atoms with Crippen molar-refractivity contribution in [1.82, 2.24) is 4.90 Å². The summed E-state index contributed by atoms with van der Waals surface area (Å²) in [5.74, 6) is 1.75. The van der Waals surface area contributed by atoms with Crippen molar-refractivity contribution in [2.24, 2.45) is 11.7 Å².